The summed E-state index contributed by atoms with van der Waals surface area (Å²) in [5.74, 6) is 0.564. The molecule has 0 bridgehead atoms. The number of nitrogens with two attached hydrogens (primary N) is 4. The third kappa shape index (κ3) is 16.4. The molecule has 0 radical (unpaired) electrons. The Balaban J connectivity index is 0.00000168. The molecule has 16 heteroatoms. The second-order valence-corrected chi connectivity index (χ2v) is 8.26. The molecule has 0 amide bonds. The van der Waals surface area contributed by atoms with Crippen LogP contribution in [-0.4, -0.2) is 47.2 Å². The fourth-order valence-electron chi connectivity index (χ4n) is 2.70. The highest BCUT2D eigenvalue weighted by Crippen LogP contribution is 2.13. The van der Waals surface area contributed by atoms with Gasteiger partial charge in [-0.25, -0.2) is 0 Å². The lowest BCUT2D eigenvalue weighted by Gasteiger charge is -2.05. The molecule has 0 saturated heterocycles. The third-order valence-corrected chi connectivity index (χ3v) is 4.82. The number of hydrogen-bond acceptors (Lipinski definition) is 4. The Morgan fingerprint density at radius 1 is 0.737 bits per heavy atom. The van der Waals surface area contributed by atoms with E-state index in [9.17, 15) is 0 Å². The maximum absolute atomic E-state index is 8.36. The topological polar surface area (TPSA) is 241 Å². The van der Waals surface area contributed by atoms with E-state index >= 15 is 0 Å². The molecule has 0 saturated carbocycles. The van der Waals surface area contributed by atoms with E-state index in [4.69, 9.17) is 61.5 Å². The molecule has 11 N–H and O–H groups in total. The molecule has 2 aromatic carbocycles. The van der Waals surface area contributed by atoms with Crippen LogP contribution in [0, 0.1) is 10.1 Å². The van der Waals surface area contributed by atoms with Crippen molar-refractivity contribution in [3.63, 3.8) is 0 Å². The van der Waals surface area contributed by atoms with Crippen LogP contribution in [0.25, 0.3) is 0 Å². The van der Waals surface area contributed by atoms with Crippen LogP contribution in [0.15, 0.2) is 68.5 Å². The number of unbranched alkanes of at least 4 members (excludes halogenated alkanes) is 3. The number of aliphatic imine (C=N–C) groups is 4. The van der Waals surface area contributed by atoms with Crippen LogP contribution in [0.3, 0.4) is 0 Å². The standard InChI is InChI=1S/C22H30Cl2N10.HNO3/c23-15-5-9-17(10-6-15)31-21(27)33-19(25)29-13-3-1-2-4-14-30-20(26)34-22(28)32-18-11-7-16(24)8-12-18;2-1(3)4/h5-12H,1-4,13-14H2,(H5,25,27,29,31,33)(H5,26,28,30,32,34);(H,2,3,4). The SMILES string of the molecule is NC(=NCCCCCCN=C(N)/N=C(\N)Nc1ccc(Cl)cc1)/N=C(\N)Nc1ccc(Cl)cc1.O=[N+]([O-])O. The first-order valence-corrected chi connectivity index (χ1v) is 12.0. The van der Waals surface area contributed by atoms with E-state index in [2.05, 4.69) is 30.6 Å². The Bertz CT molecular complexity index is 1030. The summed E-state index contributed by atoms with van der Waals surface area (Å²) < 4.78 is 0. The van der Waals surface area contributed by atoms with Gasteiger partial charge >= 0.3 is 0 Å². The highest BCUT2D eigenvalue weighted by Gasteiger charge is 1.99. The molecule has 0 spiro atoms. The largest absolute Gasteiger partial charge is 0.369 e. The summed E-state index contributed by atoms with van der Waals surface area (Å²) in [4.78, 5) is 24.8. The monoisotopic (exact) mass is 567 g/mol. The molecule has 0 fully saturated rings. The number of anilines is 2. The van der Waals surface area contributed by atoms with Crippen LogP contribution in [0.4, 0.5) is 11.4 Å². The highest BCUT2D eigenvalue weighted by molar-refractivity contribution is 6.31. The summed E-state index contributed by atoms with van der Waals surface area (Å²) >= 11 is 11.7. The molecule has 0 aromatic heterocycles. The Kier molecular flexibility index (Phi) is 15.0. The van der Waals surface area contributed by atoms with Crippen molar-refractivity contribution in [2.45, 2.75) is 25.7 Å². The molecule has 0 aliphatic rings. The summed E-state index contributed by atoms with van der Waals surface area (Å²) in [5.41, 5.74) is 24.8. The van der Waals surface area contributed by atoms with Crippen molar-refractivity contribution < 1.29 is 10.3 Å². The Labute approximate surface area is 229 Å². The minimum Gasteiger partial charge on any atom is -0.369 e. The van der Waals surface area contributed by atoms with Crippen molar-refractivity contribution in [2.24, 2.45) is 42.9 Å². The van der Waals surface area contributed by atoms with Crippen molar-refractivity contribution in [2.75, 3.05) is 23.7 Å². The number of benzene rings is 2. The zero-order chi connectivity index (χ0) is 28.3. The molecule has 38 heavy (non-hydrogen) atoms. The number of halogens is 2. The number of nitrogens with one attached hydrogen (secondary N) is 2. The van der Waals surface area contributed by atoms with Gasteiger partial charge in [-0.15, -0.1) is 10.1 Å². The van der Waals surface area contributed by atoms with Gasteiger partial charge in [0.15, 0.2) is 0 Å². The van der Waals surface area contributed by atoms with Gasteiger partial charge in [0.2, 0.25) is 23.8 Å². The quantitative estimate of drug-likeness (QED) is 0.0772. The highest BCUT2D eigenvalue weighted by atomic mass is 35.5. The van der Waals surface area contributed by atoms with Gasteiger partial charge in [-0.2, -0.15) is 9.98 Å². The molecule has 206 valence electrons. The Morgan fingerprint density at radius 2 is 1.05 bits per heavy atom. The second kappa shape index (κ2) is 18.0. The fraction of sp³-hybridized carbons (Fsp3) is 0.273. The zero-order valence-corrected chi connectivity index (χ0v) is 21.9. The minimum absolute atomic E-state index is 0.124. The average molecular weight is 568 g/mol. The van der Waals surface area contributed by atoms with Gasteiger partial charge in [0.25, 0.3) is 5.09 Å². The summed E-state index contributed by atoms with van der Waals surface area (Å²) in [6.07, 6.45) is 3.68. The van der Waals surface area contributed by atoms with Crippen LogP contribution < -0.4 is 33.6 Å². The predicted molar refractivity (Wildman–Crippen MR) is 154 cm³/mol. The van der Waals surface area contributed by atoms with Crippen LogP contribution in [0.5, 0.6) is 0 Å². The van der Waals surface area contributed by atoms with Gasteiger partial charge in [-0.3, -0.25) is 9.98 Å². The maximum Gasteiger partial charge on any atom is 0.291 e. The molecular formula is C22H31Cl2N11O3. The third-order valence-electron chi connectivity index (χ3n) is 4.32. The van der Waals surface area contributed by atoms with Gasteiger partial charge in [-0.1, -0.05) is 36.0 Å². The molecule has 0 aliphatic heterocycles. The summed E-state index contributed by atoms with van der Waals surface area (Å²) in [6, 6.07) is 14.1. The maximum atomic E-state index is 8.36. The number of nitrogens with zero attached hydrogens (tertiary/aromatic N) is 5. The lowest BCUT2D eigenvalue weighted by atomic mass is 10.2. The molecule has 0 unspecified atom stereocenters. The molecule has 2 aromatic rings. The van der Waals surface area contributed by atoms with E-state index in [0.29, 0.717) is 23.1 Å². The van der Waals surface area contributed by atoms with Crippen molar-refractivity contribution in [1.29, 1.82) is 0 Å². The summed E-state index contributed by atoms with van der Waals surface area (Å²) in [6.45, 7) is 1.12. The Morgan fingerprint density at radius 3 is 1.37 bits per heavy atom. The van der Waals surface area contributed by atoms with Crippen molar-refractivity contribution in [3.8, 4) is 0 Å². The second-order valence-electron chi connectivity index (χ2n) is 7.39. The number of guanidine groups is 4. The zero-order valence-electron chi connectivity index (χ0n) is 20.4. The van der Waals surface area contributed by atoms with E-state index in [0.717, 1.165) is 37.1 Å². The van der Waals surface area contributed by atoms with Gasteiger partial charge in [0.05, 0.1) is 0 Å². The Hall–Kier alpha value is -4.30. The molecule has 14 nitrogen and oxygen atoms in total. The van der Waals surface area contributed by atoms with E-state index in [1.165, 1.54) is 0 Å². The van der Waals surface area contributed by atoms with Gasteiger partial charge < -0.3 is 38.8 Å². The van der Waals surface area contributed by atoms with Crippen LogP contribution in [-0.2, 0) is 0 Å². The number of rotatable bonds is 9. The lowest BCUT2D eigenvalue weighted by molar-refractivity contribution is -0.742. The minimum atomic E-state index is -1.50. The first-order chi connectivity index (χ1) is 18.0. The normalized spacial score (nSPS) is 12.4. The summed E-state index contributed by atoms with van der Waals surface area (Å²) in [5, 5.41) is 20.8. The fourth-order valence-corrected chi connectivity index (χ4v) is 2.95. The van der Waals surface area contributed by atoms with Crippen molar-refractivity contribution in [3.05, 3.63) is 68.7 Å². The molecule has 0 atom stereocenters. The van der Waals surface area contributed by atoms with Crippen molar-refractivity contribution >= 4 is 58.4 Å². The van der Waals surface area contributed by atoms with E-state index < -0.39 is 5.09 Å². The number of hydrogen-bond donors (Lipinski definition) is 7. The van der Waals surface area contributed by atoms with Crippen LogP contribution in [0.2, 0.25) is 10.0 Å². The first kappa shape index (κ1) is 31.7. The smallest absolute Gasteiger partial charge is 0.291 e. The molecular weight excluding hydrogens is 537 g/mol. The lowest BCUT2D eigenvalue weighted by Crippen LogP contribution is -2.26. The van der Waals surface area contributed by atoms with Gasteiger partial charge in [0.1, 0.15) is 0 Å². The van der Waals surface area contributed by atoms with Crippen molar-refractivity contribution in [1.82, 2.24) is 0 Å². The summed E-state index contributed by atoms with van der Waals surface area (Å²) in [7, 11) is 0. The predicted octanol–water partition coefficient (Wildman–Crippen LogP) is 2.99. The van der Waals surface area contributed by atoms with Crippen LogP contribution in [0.1, 0.15) is 25.7 Å². The molecule has 0 aliphatic carbocycles. The van der Waals surface area contributed by atoms with Gasteiger partial charge in [0, 0.05) is 34.5 Å². The average Bonchev–Trinajstić information content (AvgIpc) is 2.83. The van der Waals surface area contributed by atoms with E-state index in [1.807, 2.05) is 0 Å². The van der Waals surface area contributed by atoms with Crippen LogP contribution >= 0.6 is 23.2 Å². The van der Waals surface area contributed by atoms with Gasteiger partial charge in [-0.05, 0) is 61.4 Å². The van der Waals surface area contributed by atoms with E-state index in [-0.39, 0.29) is 23.8 Å². The first-order valence-electron chi connectivity index (χ1n) is 11.2. The van der Waals surface area contributed by atoms with E-state index in [1.54, 1.807) is 48.5 Å². The molecule has 2 rings (SSSR count). The molecule has 0 heterocycles.